The van der Waals surface area contributed by atoms with E-state index < -0.39 is 11.4 Å². The van der Waals surface area contributed by atoms with Gasteiger partial charge in [0.25, 0.3) is 0 Å². The van der Waals surface area contributed by atoms with Crippen LogP contribution in [0, 0.1) is 0 Å². The number of esters is 1. The number of carbonyl (C=O) groups is 2. The van der Waals surface area contributed by atoms with Crippen LogP contribution in [0.4, 0.5) is 0 Å². The zero-order valence-corrected chi connectivity index (χ0v) is 13.9. The number of hydrogen-bond donors (Lipinski definition) is 0. The van der Waals surface area contributed by atoms with Crippen molar-refractivity contribution >= 4 is 22.8 Å². The van der Waals surface area contributed by atoms with Crippen molar-refractivity contribution in [2.45, 2.75) is 13.8 Å². The second-order valence-corrected chi connectivity index (χ2v) is 5.44. The summed E-state index contributed by atoms with van der Waals surface area (Å²) >= 11 is 0. The van der Waals surface area contributed by atoms with Gasteiger partial charge in [-0.3, -0.25) is 9.59 Å². The highest BCUT2D eigenvalue weighted by Gasteiger charge is 2.18. The molecule has 0 saturated heterocycles. The van der Waals surface area contributed by atoms with Gasteiger partial charge in [0.2, 0.25) is 5.43 Å². The number of ether oxygens (including phenoxy) is 1. The van der Waals surface area contributed by atoms with Gasteiger partial charge in [-0.15, -0.1) is 0 Å². The molecule has 3 aromatic rings. The number of nitrogens with zero attached hydrogens (tertiary/aromatic N) is 2. The average Bonchev–Trinajstić information content (AvgIpc) is 2.62. The van der Waals surface area contributed by atoms with E-state index in [1.54, 1.807) is 54.1 Å². The van der Waals surface area contributed by atoms with Crippen LogP contribution in [0.2, 0.25) is 0 Å². The fraction of sp³-hybridized carbons (Fsp3) is 0.158. The Hall–Kier alpha value is -3.28. The summed E-state index contributed by atoms with van der Waals surface area (Å²) in [6.07, 6.45) is 2.98. The average molecular weight is 336 g/mol. The van der Waals surface area contributed by atoms with Crippen molar-refractivity contribution in [2.75, 3.05) is 6.61 Å². The Morgan fingerprint density at radius 1 is 1.20 bits per heavy atom. The zero-order chi connectivity index (χ0) is 18.0. The number of rotatable bonds is 4. The molecular formula is C19H16N2O4. The lowest BCUT2D eigenvalue weighted by atomic mass is 10.1. The van der Waals surface area contributed by atoms with Crippen LogP contribution >= 0.6 is 0 Å². The van der Waals surface area contributed by atoms with E-state index in [1.807, 2.05) is 0 Å². The third kappa shape index (κ3) is 3.06. The first-order valence-corrected chi connectivity index (χ1v) is 7.81. The quantitative estimate of drug-likeness (QED) is 0.541. The van der Waals surface area contributed by atoms with E-state index in [9.17, 15) is 14.4 Å². The topological polar surface area (TPSA) is 78.3 Å². The van der Waals surface area contributed by atoms with Gasteiger partial charge in [-0.2, -0.15) is 0 Å². The normalized spacial score (nSPS) is 10.6. The van der Waals surface area contributed by atoms with Gasteiger partial charge < -0.3 is 9.30 Å². The Morgan fingerprint density at radius 3 is 2.72 bits per heavy atom. The number of aromatic nitrogens is 2. The molecule has 0 unspecified atom stereocenters. The second-order valence-electron chi connectivity index (χ2n) is 5.44. The molecule has 0 aliphatic heterocycles. The number of ketones is 1. The number of pyridine rings is 2. The van der Waals surface area contributed by atoms with Crippen molar-refractivity contribution < 1.29 is 14.3 Å². The molecule has 0 bridgehead atoms. The fourth-order valence-electron chi connectivity index (χ4n) is 2.59. The van der Waals surface area contributed by atoms with E-state index in [0.717, 1.165) is 0 Å². The number of Topliss-reactive ketones (excluding diaryl/α,β-unsaturated/α-hetero) is 1. The van der Waals surface area contributed by atoms with Crippen molar-refractivity contribution in [3.8, 4) is 5.69 Å². The lowest BCUT2D eigenvalue weighted by Crippen LogP contribution is -2.21. The maximum absolute atomic E-state index is 12.6. The standard InChI is InChI=1S/C19H16N2O4/c1-3-25-19(24)16-11-21(14-7-4-6-13(10-14)12(2)22)18-15(17(16)23)8-5-9-20-18/h4-11H,3H2,1-2H3. The summed E-state index contributed by atoms with van der Waals surface area (Å²) in [6.45, 7) is 3.32. The molecule has 6 heteroatoms. The highest BCUT2D eigenvalue weighted by Crippen LogP contribution is 2.17. The van der Waals surface area contributed by atoms with Crippen LogP contribution in [-0.2, 0) is 4.74 Å². The van der Waals surface area contributed by atoms with Crippen LogP contribution < -0.4 is 5.43 Å². The molecule has 0 amide bonds. The molecule has 0 atom stereocenters. The predicted molar refractivity (Wildman–Crippen MR) is 93.3 cm³/mol. The van der Waals surface area contributed by atoms with E-state index in [2.05, 4.69) is 4.98 Å². The molecule has 2 heterocycles. The SMILES string of the molecule is CCOC(=O)c1cn(-c2cccc(C(C)=O)c2)c2ncccc2c1=O. The smallest absolute Gasteiger partial charge is 0.343 e. The van der Waals surface area contributed by atoms with E-state index in [0.29, 0.717) is 22.3 Å². The lowest BCUT2D eigenvalue weighted by Gasteiger charge is -2.13. The first-order chi connectivity index (χ1) is 12.0. The summed E-state index contributed by atoms with van der Waals surface area (Å²) in [6, 6.07) is 10.2. The van der Waals surface area contributed by atoms with Crippen molar-refractivity contribution in [2.24, 2.45) is 0 Å². The second kappa shape index (κ2) is 6.68. The number of benzene rings is 1. The third-order valence-electron chi connectivity index (χ3n) is 3.79. The molecule has 6 nitrogen and oxygen atoms in total. The van der Waals surface area contributed by atoms with Gasteiger partial charge in [-0.1, -0.05) is 12.1 Å². The number of fused-ring (bicyclic) bond motifs is 1. The van der Waals surface area contributed by atoms with Gasteiger partial charge in [0.1, 0.15) is 11.2 Å². The summed E-state index contributed by atoms with van der Waals surface area (Å²) in [7, 11) is 0. The molecule has 1 aromatic carbocycles. The van der Waals surface area contributed by atoms with Crippen molar-refractivity contribution in [3.05, 3.63) is 70.1 Å². The Morgan fingerprint density at radius 2 is 2.00 bits per heavy atom. The zero-order valence-electron chi connectivity index (χ0n) is 13.9. The summed E-state index contributed by atoms with van der Waals surface area (Å²) in [5.74, 6) is -0.763. The van der Waals surface area contributed by atoms with Crippen LogP contribution in [0.15, 0.2) is 53.6 Å². The van der Waals surface area contributed by atoms with Gasteiger partial charge in [-0.05, 0) is 38.1 Å². The molecule has 0 aliphatic rings. The molecule has 0 saturated carbocycles. The summed E-state index contributed by atoms with van der Waals surface area (Å²) in [4.78, 5) is 40.7. The first-order valence-electron chi connectivity index (χ1n) is 7.81. The summed E-state index contributed by atoms with van der Waals surface area (Å²) in [5, 5.41) is 0.307. The van der Waals surface area contributed by atoms with Crippen LogP contribution in [0.5, 0.6) is 0 Å². The van der Waals surface area contributed by atoms with Crippen LogP contribution in [-0.4, -0.2) is 27.9 Å². The highest BCUT2D eigenvalue weighted by atomic mass is 16.5. The Bertz CT molecular complexity index is 1040. The molecule has 2 aromatic heterocycles. The van der Waals surface area contributed by atoms with Crippen molar-refractivity contribution in [1.29, 1.82) is 0 Å². The van der Waals surface area contributed by atoms with Gasteiger partial charge in [-0.25, -0.2) is 9.78 Å². The molecule has 25 heavy (non-hydrogen) atoms. The minimum Gasteiger partial charge on any atom is -0.462 e. The van der Waals surface area contributed by atoms with Crippen molar-refractivity contribution in [3.63, 3.8) is 0 Å². The molecule has 0 fully saturated rings. The molecule has 0 aliphatic carbocycles. The fourth-order valence-corrected chi connectivity index (χ4v) is 2.59. The molecule has 0 spiro atoms. The highest BCUT2D eigenvalue weighted by molar-refractivity contribution is 5.95. The molecule has 126 valence electrons. The number of carbonyl (C=O) groups excluding carboxylic acids is 2. The predicted octanol–water partition coefficient (Wildman–Crippen LogP) is 2.77. The first kappa shape index (κ1) is 16.6. The number of hydrogen-bond acceptors (Lipinski definition) is 5. The molecule has 0 radical (unpaired) electrons. The molecule has 0 N–H and O–H groups in total. The van der Waals surface area contributed by atoms with E-state index in [4.69, 9.17) is 4.74 Å². The van der Waals surface area contributed by atoms with Gasteiger partial charge >= 0.3 is 5.97 Å². The summed E-state index contributed by atoms with van der Waals surface area (Å²) < 4.78 is 6.60. The summed E-state index contributed by atoms with van der Waals surface area (Å²) in [5.41, 5.74) is 1.05. The van der Waals surface area contributed by atoms with Gasteiger partial charge in [0, 0.05) is 23.6 Å². The van der Waals surface area contributed by atoms with Gasteiger partial charge in [0.05, 0.1) is 12.0 Å². The maximum Gasteiger partial charge on any atom is 0.343 e. The molecular weight excluding hydrogens is 320 g/mol. The lowest BCUT2D eigenvalue weighted by molar-refractivity contribution is 0.0524. The van der Waals surface area contributed by atoms with E-state index in [1.165, 1.54) is 13.1 Å². The Kier molecular flexibility index (Phi) is 4.43. The monoisotopic (exact) mass is 336 g/mol. The largest absolute Gasteiger partial charge is 0.462 e. The Labute approximate surface area is 143 Å². The van der Waals surface area contributed by atoms with Crippen molar-refractivity contribution in [1.82, 2.24) is 9.55 Å². The van der Waals surface area contributed by atoms with Crippen LogP contribution in [0.3, 0.4) is 0 Å². The molecule has 3 rings (SSSR count). The maximum atomic E-state index is 12.6. The van der Waals surface area contributed by atoms with E-state index in [-0.39, 0.29) is 18.0 Å². The van der Waals surface area contributed by atoms with Gasteiger partial charge in [0.15, 0.2) is 5.78 Å². The minimum absolute atomic E-state index is 0.0735. The third-order valence-corrected chi connectivity index (χ3v) is 3.79. The van der Waals surface area contributed by atoms with Crippen LogP contribution in [0.25, 0.3) is 16.7 Å². The van der Waals surface area contributed by atoms with E-state index >= 15 is 0 Å². The minimum atomic E-state index is -0.685. The Balaban J connectivity index is 2.32. The van der Waals surface area contributed by atoms with Crippen LogP contribution in [0.1, 0.15) is 34.6 Å².